The van der Waals surface area contributed by atoms with Gasteiger partial charge in [0.1, 0.15) is 17.0 Å². The predicted molar refractivity (Wildman–Crippen MR) is 76.8 cm³/mol. The Hall–Kier alpha value is -2.48. The van der Waals surface area contributed by atoms with E-state index >= 15 is 0 Å². The molecule has 0 saturated heterocycles. The number of thiophene rings is 1. The Bertz CT molecular complexity index is 656. The molecule has 0 aliphatic heterocycles. The minimum Gasteiger partial charge on any atom is -0.478 e. The molecule has 0 fully saturated rings. The topological polar surface area (TPSA) is 90.4 Å². The average molecular weight is 307 g/mol. The van der Waals surface area contributed by atoms with Crippen molar-refractivity contribution in [2.24, 2.45) is 0 Å². The van der Waals surface area contributed by atoms with E-state index in [2.05, 4.69) is 20.0 Å². The summed E-state index contributed by atoms with van der Waals surface area (Å²) >= 11 is 1.22. The third-order valence-corrected chi connectivity index (χ3v) is 3.29. The molecule has 0 atom stereocenters. The molecule has 2 aromatic heterocycles. The van der Waals surface area contributed by atoms with E-state index in [1.54, 1.807) is 11.4 Å². The molecule has 0 bridgehead atoms. The van der Waals surface area contributed by atoms with E-state index in [-0.39, 0.29) is 5.69 Å². The second-order valence-corrected chi connectivity index (χ2v) is 4.70. The van der Waals surface area contributed by atoms with Gasteiger partial charge in [-0.1, -0.05) is 0 Å². The van der Waals surface area contributed by atoms with Crippen molar-refractivity contribution in [3.05, 3.63) is 35.1 Å². The lowest BCUT2D eigenvalue weighted by molar-refractivity contribution is 0.0602. The number of esters is 1. The van der Waals surface area contributed by atoms with Crippen molar-refractivity contribution in [3.8, 4) is 5.88 Å². The summed E-state index contributed by atoms with van der Waals surface area (Å²) in [5.74, 6) is -0.646. The largest absolute Gasteiger partial charge is 0.478 e. The molecule has 0 unspecified atom stereocenters. The molecule has 0 aliphatic carbocycles. The maximum absolute atomic E-state index is 12.1. The van der Waals surface area contributed by atoms with Crippen molar-refractivity contribution >= 4 is 28.2 Å². The number of ether oxygens (including phenoxy) is 2. The Labute approximate surface area is 124 Å². The summed E-state index contributed by atoms with van der Waals surface area (Å²) in [6, 6.07) is 3.02. The molecule has 0 aromatic carbocycles. The van der Waals surface area contributed by atoms with Crippen LogP contribution in [-0.4, -0.2) is 35.6 Å². The molecule has 110 valence electrons. The van der Waals surface area contributed by atoms with Crippen LogP contribution in [0.4, 0.5) is 5.00 Å². The fraction of sp³-hybridized carbons (Fsp3) is 0.231. The van der Waals surface area contributed by atoms with Crippen LogP contribution in [0.2, 0.25) is 0 Å². The number of methoxy groups -OCH3 is 1. The lowest BCUT2D eigenvalue weighted by atomic mass is 10.3. The maximum Gasteiger partial charge on any atom is 0.340 e. The number of carbonyl (C=O) groups excluding carboxylic acids is 2. The van der Waals surface area contributed by atoms with Gasteiger partial charge in [-0.3, -0.25) is 4.79 Å². The number of nitrogens with zero attached hydrogens (tertiary/aromatic N) is 2. The first kappa shape index (κ1) is 14.9. The number of carbonyl (C=O) groups is 2. The Morgan fingerprint density at radius 3 is 2.90 bits per heavy atom. The van der Waals surface area contributed by atoms with E-state index < -0.39 is 11.9 Å². The Balaban J connectivity index is 2.17. The minimum atomic E-state index is -0.510. The molecular formula is C13H13N3O4S. The van der Waals surface area contributed by atoms with Gasteiger partial charge in [0, 0.05) is 6.07 Å². The van der Waals surface area contributed by atoms with E-state index in [1.165, 1.54) is 30.8 Å². The first-order chi connectivity index (χ1) is 10.2. The summed E-state index contributed by atoms with van der Waals surface area (Å²) in [5, 5.41) is 4.72. The molecule has 0 spiro atoms. The third kappa shape index (κ3) is 3.54. The highest BCUT2D eigenvalue weighted by atomic mass is 32.1. The van der Waals surface area contributed by atoms with Crippen molar-refractivity contribution in [2.45, 2.75) is 6.92 Å². The molecule has 0 aliphatic rings. The van der Waals surface area contributed by atoms with E-state index in [0.717, 1.165) is 0 Å². The molecule has 2 heterocycles. The molecule has 1 amide bonds. The van der Waals surface area contributed by atoms with Crippen LogP contribution in [0, 0.1) is 0 Å². The zero-order valence-corrected chi connectivity index (χ0v) is 12.3. The number of hydrogen-bond acceptors (Lipinski definition) is 7. The molecule has 7 nitrogen and oxygen atoms in total. The van der Waals surface area contributed by atoms with Gasteiger partial charge < -0.3 is 14.8 Å². The SMILES string of the molecule is CCOc1cc(C(=O)Nc2sccc2C(=O)OC)ncn1. The van der Waals surface area contributed by atoms with Gasteiger partial charge in [0.05, 0.1) is 19.3 Å². The highest BCUT2D eigenvalue weighted by Crippen LogP contribution is 2.24. The Morgan fingerprint density at radius 2 is 2.19 bits per heavy atom. The lowest BCUT2D eigenvalue weighted by Crippen LogP contribution is -2.15. The van der Waals surface area contributed by atoms with Crippen LogP contribution in [0.3, 0.4) is 0 Å². The Morgan fingerprint density at radius 1 is 1.38 bits per heavy atom. The monoisotopic (exact) mass is 307 g/mol. The van der Waals surface area contributed by atoms with Crippen LogP contribution >= 0.6 is 11.3 Å². The van der Waals surface area contributed by atoms with Crippen molar-refractivity contribution in [1.82, 2.24) is 9.97 Å². The normalized spacial score (nSPS) is 10.0. The number of amides is 1. The standard InChI is InChI=1S/C13H13N3O4S/c1-3-20-10-6-9(14-7-15-10)11(17)16-12-8(4-5-21-12)13(18)19-2/h4-7H,3H2,1-2H3,(H,16,17). The van der Waals surface area contributed by atoms with Crippen LogP contribution in [0.1, 0.15) is 27.8 Å². The Kier molecular flexibility index (Phi) is 4.83. The van der Waals surface area contributed by atoms with Crippen LogP contribution in [-0.2, 0) is 4.74 Å². The van der Waals surface area contributed by atoms with Gasteiger partial charge in [-0.2, -0.15) is 0 Å². The fourth-order valence-corrected chi connectivity index (χ4v) is 2.30. The highest BCUT2D eigenvalue weighted by molar-refractivity contribution is 7.14. The second kappa shape index (κ2) is 6.80. The van der Waals surface area contributed by atoms with Crippen molar-refractivity contribution < 1.29 is 19.1 Å². The van der Waals surface area contributed by atoms with Crippen LogP contribution in [0.5, 0.6) is 5.88 Å². The second-order valence-electron chi connectivity index (χ2n) is 3.78. The number of hydrogen-bond donors (Lipinski definition) is 1. The summed E-state index contributed by atoms with van der Waals surface area (Å²) in [4.78, 5) is 31.4. The zero-order chi connectivity index (χ0) is 15.2. The number of anilines is 1. The molecule has 0 saturated carbocycles. The highest BCUT2D eigenvalue weighted by Gasteiger charge is 2.17. The molecule has 0 radical (unpaired) electrons. The quantitative estimate of drug-likeness (QED) is 0.849. The van der Waals surface area contributed by atoms with Gasteiger partial charge >= 0.3 is 5.97 Å². The number of aromatic nitrogens is 2. The molecule has 8 heteroatoms. The molecule has 21 heavy (non-hydrogen) atoms. The van der Waals surface area contributed by atoms with Gasteiger partial charge in [0.2, 0.25) is 5.88 Å². The smallest absolute Gasteiger partial charge is 0.340 e. The van der Waals surface area contributed by atoms with Crippen LogP contribution < -0.4 is 10.1 Å². The number of nitrogens with one attached hydrogen (secondary N) is 1. The van der Waals surface area contributed by atoms with E-state index in [1.807, 2.05) is 6.92 Å². The third-order valence-electron chi connectivity index (χ3n) is 2.46. The van der Waals surface area contributed by atoms with Crippen molar-refractivity contribution in [1.29, 1.82) is 0 Å². The van der Waals surface area contributed by atoms with Crippen LogP contribution in [0.15, 0.2) is 23.8 Å². The summed E-state index contributed by atoms with van der Waals surface area (Å²) in [6.45, 7) is 2.26. The van der Waals surface area contributed by atoms with Gasteiger partial charge in [0.15, 0.2) is 0 Å². The summed E-state index contributed by atoms with van der Waals surface area (Å²) in [6.07, 6.45) is 1.25. The molecule has 1 N–H and O–H groups in total. The van der Waals surface area contributed by atoms with Gasteiger partial charge in [-0.25, -0.2) is 14.8 Å². The summed E-state index contributed by atoms with van der Waals surface area (Å²) in [7, 11) is 1.28. The molecular weight excluding hydrogens is 294 g/mol. The fourth-order valence-electron chi connectivity index (χ4n) is 1.53. The zero-order valence-electron chi connectivity index (χ0n) is 11.5. The van der Waals surface area contributed by atoms with Crippen molar-refractivity contribution in [2.75, 3.05) is 19.0 Å². The minimum absolute atomic E-state index is 0.151. The van der Waals surface area contributed by atoms with Crippen LogP contribution in [0.25, 0.3) is 0 Å². The predicted octanol–water partition coefficient (Wildman–Crippen LogP) is 1.98. The first-order valence-electron chi connectivity index (χ1n) is 6.07. The molecule has 2 rings (SSSR count). The average Bonchev–Trinajstić information content (AvgIpc) is 2.95. The van der Waals surface area contributed by atoms with E-state index in [4.69, 9.17) is 4.74 Å². The van der Waals surface area contributed by atoms with E-state index in [9.17, 15) is 9.59 Å². The van der Waals surface area contributed by atoms with Gasteiger partial charge in [0.25, 0.3) is 5.91 Å². The molecule has 2 aromatic rings. The van der Waals surface area contributed by atoms with Gasteiger partial charge in [-0.15, -0.1) is 11.3 Å². The first-order valence-corrected chi connectivity index (χ1v) is 6.95. The van der Waals surface area contributed by atoms with Crippen molar-refractivity contribution in [3.63, 3.8) is 0 Å². The maximum atomic E-state index is 12.1. The lowest BCUT2D eigenvalue weighted by Gasteiger charge is -2.06. The van der Waals surface area contributed by atoms with Gasteiger partial charge in [-0.05, 0) is 18.4 Å². The summed E-state index contributed by atoms with van der Waals surface area (Å²) < 4.78 is 9.85. The van der Waals surface area contributed by atoms with E-state index in [0.29, 0.717) is 23.1 Å². The number of rotatable bonds is 5. The summed E-state index contributed by atoms with van der Waals surface area (Å²) in [5.41, 5.74) is 0.451.